The Kier molecular flexibility index (Phi) is 5.19. The van der Waals surface area contributed by atoms with Crippen molar-refractivity contribution < 1.29 is 9.52 Å². The van der Waals surface area contributed by atoms with Gasteiger partial charge < -0.3 is 9.52 Å². The summed E-state index contributed by atoms with van der Waals surface area (Å²) in [6, 6.07) is 17.9. The Hall–Kier alpha value is -2.43. The van der Waals surface area contributed by atoms with Crippen molar-refractivity contribution >= 4 is 0 Å². The van der Waals surface area contributed by atoms with Gasteiger partial charge in [-0.1, -0.05) is 30.3 Å². The summed E-state index contributed by atoms with van der Waals surface area (Å²) < 4.78 is 5.31. The molecule has 4 heteroatoms. The molecule has 0 fully saturated rings. The number of pyridine rings is 1. The molecule has 0 aliphatic carbocycles. The Labute approximate surface area is 136 Å². The van der Waals surface area contributed by atoms with Crippen molar-refractivity contribution in [2.24, 2.45) is 0 Å². The highest BCUT2D eigenvalue weighted by Crippen LogP contribution is 2.18. The third-order valence-corrected chi connectivity index (χ3v) is 3.71. The summed E-state index contributed by atoms with van der Waals surface area (Å²) in [5.74, 6) is 0.595. The van der Waals surface area contributed by atoms with Crippen LogP contribution >= 0.6 is 0 Å². The highest BCUT2D eigenvalue weighted by molar-refractivity contribution is 5.16. The van der Waals surface area contributed by atoms with Gasteiger partial charge in [0.2, 0.25) is 0 Å². The van der Waals surface area contributed by atoms with E-state index in [1.165, 1.54) is 11.1 Å². The zero-order valence-corrected chi connectivity index (χ0v) is 12.9. The number of rotatable bonds is 7. The fourth-order valence-corrected chi connectivity index (χ4v) is 2.59. The highest BCUT2D eigenvalue weighted by atomic mass is 16.4. The second-order valence-corrected chi connectivity index (χ2v) is 5.54. The topological polar surface area (TPSA) is 49.5 Å². The highest BCUT2D eigenvalue weighted by Gasteiger charge is 2.16. The molecule has 1 N–H and O–H groups in total. The predicted molar refractivity (Wildman–Crippen MR) is 88.5 cm³/mol. The van der Waals surface area contributed by atoms with E-state index in [-0.39, 0.29) is 0 Å². The molecular formula is C19H20N2O2. The van der Waals surface area contributed by atoms with E-state index in [2.05, 4.69) is 22.0 Å². The number of benzene rings is 1. The lowest BCUT2D eigenvalue weighted by Crippen LogP contribution is -2.28. The largest absolute Gasteiger partial charge is 0.467 e. The third kappa shape index (κ3) is 4.52. The van der Waals surface area contributed by atoms with Crippen LogP contribution in [0.1, 0.15) is 23.0 Å². The number of furan rings is 1. The van der Waals surface area contributed by atoms with Crippen molar-refractivity contribution in [2.75, 3.05) is 6.54 Å². The standard InChI is InChI=1S/C19H20N2O2/c22-18(19-7-4-12-23-19)15-21(13-16-5-2-1-3-6-16)14-17-8-10-20-11-9-17/h1-12,18,22H,13-15H2/t18-/m1/s1. The van der Waals surface area contributed by atoms with Crippen molar-refractivity contribution in [1.82, 2.24) is 9.88 Å². The summed E-state index contributed by atoms with van der Waals surface area (Å²) in [5, 5.41) is 10.4. The van der Waals surface area contributed by atoms with E-state index in [0.717, 1.165) is 13.1 Å². The Morgan fingerprint density at radius 2 is 1.61 bits per heavy atom. The van der Waals surface area contributed by atoms with Gasteiger partial charge in [0.25, 0.3) is 0 Å². The van der Waals surface area contributed by atoms with E-state index in [9.17, 15) is 5.11 Å². The number of aliphatic hydroxyl groups excluding tert-OH is 1. The van der Waals surface area contributed by atoms with E-state index in [4.69, 9.17) is 4.42 Å². The minimum absolute atomic E-state index is 0.505. The Morgan fingerprint density at radius 3 is 2.26 bits per heavy atom. The van der Waals surface area contributed by atoms with Crippen LogP contribution in [0.15, 0.2) is 77.7 Å². The van der Waals surface area contributed by atoms with E-state index in [0.29, 0.717) is 12.3 Å². The van der Waals surface area contributed by atoms with Crippen LogP contribution in [0.5, 0.6) is 0 Å². The molecule has 0 saturated carbocycles. The molecule has 3 rings (SSSR count). The van der Waals surface area contributed by atoms with Gasteiger partial charge in [0.1, 0.15) is 11.9 Å². The van der Waals surface area contributed by atoms with Gasteiger partial charge in [-0.25, -0.2) is 0 Å². The van der Waals surface area contributed by atoms with Gasteiger partial charge in [-0.15, -0.1) is 0 Å². The van der Waals surface area contributed by atoms with Crippen molar-refractivity contribution in [3.8, 4) is 0 Å². The van der Waals surface area contributed by atoms with Gasteiger partial charge in [0.15, 0.2) is 0 Å². The monoisotopic (exact) mass is 308 g/mol. The summed E-state index contributed by atoms with van der Waals surface area (Å²) in [4.78, 5) is 6.26. The molecule has 1 aromatic carbocycles. The van der Waals surface area contributed by atoms with Crippen LogP contribution in [-0.4, -0.2) is 21.5 Å². The van der Waals surface area contributed by atoms with Crippen molar-refractivity contribution in [3.05, 3.63) is 90.1 Å². The summed E-state index contributed by atoms with van der Waals surface area (Å²) in [6.45, 7) is 2.01. The predicted octanol–water partition coefficient (Wildman–Crippen LogP) is 3.41. The van der Waals surface area contributed by atoms with Gasteiger partial charge >= 0.3 is 0 Å². The molecule has 3 aromatic rings. The quantitative estimate of drug-likeness (QED) is 0.726. The fourth-order valence-electron chi connectivity index (χ4n) is 2.59. The minimum atomic E-state index is -0.643. The molecule has 0 aliphatic heterocycles. The Bertz CT molecular complexity index is 642. The molecule has 2 heterocycles. The minimum Gasteiger partial charge on any atom is -0.467 e. The summed E-state index contributed by atoms with van der Waals surface area (Å²) in [6.07, 6.45) is 4.52. The average molecular weight is 308 g/mol. The smallest absolute Gasteiger partial charge is 0.133 e. The maximum absolute atomic E-state index is 10.4. The molecule has 1 atom stereocenters. The first kappa shape index (κ1) is 15.5. The van der Waals surface area contributed by atoms with Crippen molar-refractivity contribution in [2.45, 2.75) is 19.2 Å². The normalized spacial score (nSPS) is 12.4. The lowest BCUT2D eigenvalue weighted by Gasteiger charge is -2.24. The van der Waals surface area contributed by atoms with Gasteiger partial charge in [0.05, 0.1) is 6.26 Å². The van der Waals surface area contributed by atoms with Crippen LogP contribution in [0.4, 0.5) is 0 Å². The molecule has 23 heavy (non-hydrogen) atoms. The van der Waals surface area contributed by atoms with E-state index in [1.54, 1.807) is 30.8 Å². The van der Waals surface area contributed by atoms with Crippen LogP contribution in [0.3, 0.4) is 0 Å². The van der Waals surface area contributed by atoms with Crippen molar-refractivity contribution in [1.29, 1.82) is 0 Å². The molecule has 0 unspecified atom stereocenters. The molecule has 4 nitrogen and oxygen atoms in total. The summed E-state index contributed by atoms with van der Waals surface area (Å²) in [7, 11) is 0. The van der Waals surface area contributed by atoms with E-state index in [1.807, 2.05) is 30.3 Å². The molecule has 118 valence electrons. The van der Waals surface area contributed by atoms with Gasteiger partial charge in [-0.3, -0.25) is 9.88 Å². The first-order chi connectivity index (χ1) is 11.3. The van der Waals surface area contributed by atoms with Crippen LogP contribution in [-0.2, 0) is 13.1 Å². The molecule has 0 aliphatic rings. The lowest BCUT2D eigenvalue weighted by atomic mass is 10.1. The molecule has 0 spiro atoms. The second-order valence-electron chi connectivity index (χ2n) is 5.54. The first-order valence-electron chi connectivity index (χ1n) is 7.68. The molecule has 0 bridgehead atoms. The molecular weight excluding hydrogens is 288 g/mol. The molecule has 0 amide bonds. The van der Waals surface area contributed by atoms with Crippen LogP contribution in [0, 0.1) is 0 Å². The fraction of sp³-hybridized carbons (Fsp3) is 0.211. The lowest BCUT2D eigenvalue weighted by molar-refractivity contribution is 0.0873. The third-order valence-electron chi connectivity index (χ3n) is 3.71. The maximum Gasteiger partial charge on any atom is 0.133 e. The molecule has 0 radical (unpaired) electrons. The Morgan fingerprint density at radius 1 is 0.913 bits per heavy atom. The van der Waals surface area contributed by atoms with Crippen LogP contribution in [0.25, 0.3) is 0 Å². The van der Waals surface area contributed by atoms with Gasteiger partial charge in [0, 0.05) is 32.0 Å². The number of hydrogen-bond acceptors (Lipinski definition) is 4. The number of hydrogen-bond donors (Lipinski definition) is 1. The summed E-state index contributed by atoms with van der Waals surface area (Å²) in [5.41, 5.74) is 2.38. The number of nitrogens with zero attached hydrogens (tertiary/aromatic N) is 2. The molecule has 0 saturated heterocycles. The average Bonchev–Trinajstić information content (AvgIpc) is 3.11. The summed E-state index contributed by atoms with van der Waals surface area (Å²) >= 11 is 0. The number of aliphatic hydroxyl groups is 1. The van der Waals surface area contributed by atoms with Crippen LogP contribution < -0.4 is 0 Å². The second kappa shape index (κ2) is 7.72. The number of aromatic nitrogens is 1. The SMILES string of the molecule is O[C@H](CN(Cc1ccccc1)Cc1ccncc1)c1ccco1. The van der Waals surface area contributed by atoms with E-state index < -0.39 is 6.10 Å². The Balaban J connectivity index is 1.72. The molecule has 2 aromatic heterocycles. The zero-order chi connectivity index (χ0) is 15.9. The van der Waals surface area contributed by atoms with Crippen LogP contribution in [0.2, 0.25) is 0 Å². The van der Waals surface area contributed by atoms with Gasteiger partial charge in [-0.05, 0) is 35.4 Å². The zero-order valence-electron chi connectivity index (χ0n) is 12.9. The van der Waals surface area contributed by atoms with E-state index >= 15 is 0 Å². The van der Waals surface area contributed by atoms with Gasteiger partial charge in [-0.2, -0.15) is 0 Å². The first-order valence-corrected chi connectivity index (χ1v) is 7.68. The maximum atomic E-state index is 10.4. The van der Waals surface area contributed by atoms with Crippen molar-refractivity contribution in [3.63, 3.8) is 0 Å².